The van der Waals surface area contributed by atoms with Crippen molar-refractivity contribution in [2.45, 2.75) is 44.7 Å². The van der Waals surface area contributed by atoms with E-state index in [4.69, 9.17) is 0 Å². The number of carbonyl (C=O) groups is 1. The van der Waals surface area contributed by atoms with Crippen LogP contribution in [-0.2, 0) is 4.79 Å². The van der Waals surface area contributed by atoms with Crippen molar-refractivity contribution < 1.29 is 9.90 Å². The highest BCUT2D eigenvalue weighted by Crippen LogP contribution is 2.29. The monoisotopic (exact) mass is 296 g/mol. The summed E-state index contributed by atoms with van der Waals surface area (Å²) in [7, 11) is 0. The van der Waals surface area contributed by atoms with E-state index < -0.39 is 5.97 Å². The lowest BCUT2D eigenvalue weighted by Gasteiger charge is -2.38. The predicted octanol–water partition coefficient (Wildman–Crippen LogP) is 1.36. The maximum absolute atomic E-state index is 11.3. The van der Waals surface area contributed by atoms with E-state index in [9.17, 15) is 9.90 Å². The lowest BCUT2D eigenvalue weighted by atomic mass is 10.0. The van der Waals surface area contributed by atoms with Crippen molar-refractivity contribution in [3.8, 4) is 0 Å². The van der Waals surface area contributed by atoms with Gasteiger partial charge in [0.15, 0.2) is 0 Å². The summed E-state index contributed by atoms with van der Waals surface area (Å²) < 4.78 is 0. The normalized spacial score (nSPS) is 25.2. The molecule has 2 aliphatic rings. The van der Waals surface area contributed by atoms with Crippen molar-refractivity contribution in [3.63, 3.8) is 0 Å². The third-order valence-electron chi connectivity index (χ3n) is 4.30. The van der Waals surface area contributed by atoms with E-state index >= 15 is 0 Å². The van der Waals surface area contributed by atoms with Crippen LogP contribution < -0.4 is 4.90 Å². The van der Waals surface area contributed by atoms with Crippen LogP contribution in [-0.4, -0.2) is 57.9 Å². The van der Waals surface area contributed by atoms with E-state index in [1.807, 2.05) is 6.92 Å². The van der Waals surface area contributed by atoms with Crippen molar-refractivity contribution >= 4 is 22.4 Å². The minimum absolute atomic E-state index is 0.268. The molecule has 20 heavy (non-hydrogen) atoms. The van der Waals surface area contributed by atoms with E-state index in [1.54, 1.807) is 11.3 Å². The zero-order chi connectivity index (χ0) is 14.1. The highest BCUT2D eigenvalue weighted by Gasteiger charge is 2.36. The van der Waals surface area contributed by atoms with E-state index in [-0.39, 0.29) is 6.04 Å². The van der Waals surface area contributed by atoms with Crippen LogP contribution in [0.4, 0.5) is 5.13 Å². The number of hydrogen-bond donors (Lipinski definition) is 1. The Morgan fingerprint density at radius 1 is 1.25 bits per heavy atom. The molecule has 6 nitrogen and oxygen atoms in total. The number of carboxylic acid groups (broad SMARTS) is 1. The van der Waals surface area contributed by atoms with Gasteiger partial charge in [0.05, 0.1) is 0 Å². The zero-order valence-corrected chi connectivity index (χ0v) is 12.5. The molecule has 0 spiro atoms. The molecule has 1 unspecified atom stereocenters. The second-order valence-electron chi connectivity index (χ2n) is 5.56. The van der Waals surface area contributed by atoms with E-state index in [2.05, 4.69) is 20.0 Å². The fraction of sp³-hybridized carbons (Fsp3) is 0.769. The van der Waals surface area contributed by atoms with Crippen LogP contribution in [0.5, 0.6) is 0 Å². The van der Waals surface area contributed by atoms with Gasteiger partial charge >= 0.3 is 5.97 Å². The van der Waals surface area contributed by atoms with Crippen molar-refractivity contribution in [1.82, 2.24) is 15.1 Å². The first-order valence-electron chi connectivity index (χ1n) is 7.19. The minimum atomic E-state index is -0.662. The summed E-state index contributed by atoms with van der Waals surface area (Å²) in [6.45, 7) is 4.79. The van der Waals surface area contributed by atoms with E-state index in [1.165, 1.54) is 0 Å². The maximum Gasteiger partial charge on any atom is 0.320 e. The van der Waals surface area contributed by atoms with Crippen LogP contribution >= 0.6 is 11.3 Å². The quantitative estimate of drug-likeness (QED) is 0.908. The fourth-order valence-electron chi connectivity index (χ4n) is 3.29. The summed E-state index contributed by atoms with van der Waals surface area (Å²) >= 11 is 1.63. The van der Waals surface area contributed by atoms with Gasteiger partial charge < -0.3 is 10.0 Å². The predicted molar refractivity (Wildman–Crippen MR) is 77.2 cm³/mol. The van der Waals surface area contributed by atoms with Gasteiger partial charge in [-0.3, -0.25) is 9.69 Å². The average Bonchev–Trinajstić information content (AvgIpc) is 3.07. The average molecular weight is 296 g/mol. The van der Waals surface area contributed by atoms with Gasteiger partial charge in [-0.05, 0) is 39.2 Å². The number of aryl methyl sites for hydroxylation is 1. The Bertz CT molecular complexity index is 484. The first kappa shape index (κ1) is 13.8. The van der Waals surface area contributed by atoms with Crippen molar-refractivity contribution in [2.24, 2.45) is 0 Å². The molecule has 1 atom stereocenters. The molecular formula is C13H20N4O2S. The molecule has 2 aliphatic heterocycles. The summed E-state index contributed by atoms with van der Waals surface area (Å²) in [6.07, 6.45) is 3.84. The molecule has 1 aromatic heterocycles. The van der Waals surface area contributed by atoms with Gasteiger partial charge in [-0.15, -0.1) is 10.2 Å². The van der Waals surface area contributed by atoms with Gasteiger partial charge in [-0.1, -0.05) is 11.3 Å². The van der Waals surface area contributed by atoms with Gasteiger partial charge in [-0.25, -0.2) is 0 Å². The first-order chi connectivity index (χ1) is 9.65. The Labute approximate surface area is 122 Å². The molecule has 2 fully saturated rings. The summed E-state index contributed by atoms with van der Waals surface area (Å²) in [5.41, 5.74) is 0. The lowest BCUT2D eigenvalue weighted by Crippen LogP contribution is -2.48. The van der Waals surface area contributed by atoms with Gasteiger partial charge in [-0.2, -0.15) is 0 Å². The smallest absolute Gasteiger partial charge is 0.320 e. The Morgan fingerprint density at radius 2 is 2.00 bits per heavy atom. The Balaban J connectivity index is 1.59. The van der Waals surface area contributed by atoms with E-state index in [0.717, 1.165) is 55.5 Å². The number of aliphatic carboxylic acids is 1. The maximum atomic E-state index is 11.3. The standard InChI is InChI=1S/C13H20N4O2S/c1-9-14-15-13(20-9)16-7-4-10(5-8-16)17-6-2-3-11(17)12(18)19/h10-11H,2-8H2,1H3,(H,18,19). The third-order valence-corrected chi connectivity index (χ3v) is 5.20. The van der Waals surface area contributed by atoms with Crippen LogP contribution in [0.3, 0.4) is 0 Å². The van der Waals surface area contributed by atoms with Crippen LogP contribution in [0.2, 0.25) is 0 Å². The molecule has 1 N–H and O–H groups in total. The molecule has 0 amide bonds. The molecule has 0 saturated carbocycles. The number of anilines is 1. The summed E-state index contributed by atoms with van der Waals surface area (Å²) in [5.74, 6) is -0.662. The largest absolute Gasteiger partial charge is 0.480 e. The molecule has 3 rings (SSSR count). The van der Waals surface area contributed by atoms with Gasteiger partial charge in [0.1, 0.15) is 11.0 Å². The highest BCUT2D eigenvalue weighted by atomic mass is 32.1. The molecule has 110 valence electrons. The Kier molecular flexibility index (Phi) is 3.89. The number of carboxylic acids is 1. The molecule has 0 bridgehead atoms. The molecule has 7 heteroatoms. The summed E-state index contributed by atoms with van der Waals surface area (Å²) in [4.78, 5) is 15.7. The van der Waals surface area contributed by atoms with E-state index in [0.29, 0.717) is 6.04 Å². The molecule has 0 aromatic carbocycles. The molecule has 0 radical (unpaired) electrons. The molecule has 1 aromatic rings. The van der Waals surface area contributed by atoms with Gasteiger partial charge in [0.2, 0.25) is 5.13 Å². The molecular weight excluding hydrogens is 276 g/mol. The second kappa shape index (κ2) is 5.65. The fourth-order valence-corrected chi connectivity index (χ4v) is 4.03. The highest BCUT2D eigenvalue weighted by molar-refractivity contribution is 7.15. The third kappa shape index (κ3) is 2.64. The van der Waals surface area contributed by atoms with Crippen molar-refractivity contribution in [3.05, 3.63) is 5.01 Å². The van der Waals surface area contributed by atoms with Crippen LogP contribution in [0.25, 0.3) is 0 Å². The lowest BCUT2D eigenvalue weighted by molar-refractivity contribution is -0.143. The van der Waals surface area contributed by atoms with Crippen molar-refractivity contribution in [2.75, 3.05) is 24.5 Å². The van der Waals surface area contributed by atoms with Crippen LogP contribution in [0.15, 0.2) is 0 Å². The molecule has 2 saturated heterocycles. The van der Waals surface area contributed by atoms with Crippen LogP contribution in [0.1, 0.15) is 30.7 Å². The molecule has 3 heterocycles. The molecule has 0 aliphatic carbocycles. The number of nitrogens with zero attached hydrogens (tertiary/aromatic N) is 4. The number of hydrogen-bond acceptors (Lipinski definition) is 6. The summed E-state index contributed by atoms with van der Waals surface area (Å²) in [6, 6.07) is 0.138. The Morgan fingerprint density at radius 3 is 2.60 bits per heavy atom. The topological polar surface area (TPSA) is 69.6 Å². The number of rotatable bonds is 3. The number of piperidine rings is 1. The second-order valence-corrected chi connectivity index (χ2v) is 6.72. The zero-order valence-electron chi connectivity index (χ0n) is 11.7. The minimum Gasteiger partial charge on any atom is -0.480 e. The number of likely N-dealkylation sites (tertiary alicyclic amines) is 1. The number of aromatic nitrogens is 2. The first-order valence-corrected chi connectivity index (χ1v) is 8.00. The summed E-state index contributed by atoms with van der Waals surface area (Å²) in [5, 5.41) is 19.5. The van der Waals surface area contributed by atoms with Gasteiger partial charge in [0, 0.05) is 19.1 Å². The van der Waals surface area contributed by atoms with Crippen molar-refractivity contribution in [1.29, 1.82) is 0 Å². The Hall–Kier alpha value is -1.21. The SMILES string of the molecule is Cc1nnc(N2CCC(N3CCCC3C(=O)O)CC2)s1. The van der Waals surface area contributed by atoms with Crippen LogP contribution in [0, 0.1) is 6.92 Å². The van der Waals surface area contributed by atoms with Gasteiger partial charge in [0.25, 0.3) is 0 Å².